The molecule has 2 N–H and O–H groups in total. The molecule has 0 radical (unpaired) electrons. The summed E-state index contributed by atoms with van der Waals surface area (Å²) in [4.78, 5) is 11.8. The zero-order chi connectivity index (χ0) is 14.3. The van der Waals surface area contributed by atoms with Crippen molar-refractivity contribution >= 4 is 27.7 Å². The molecule has 1 aromatic carbocycles. The normalized spacial score (nSPS) is 16.9. The third-order valence-corrected chi connectivity index (χ3v) is 3.34. The van der Waals surface area contributed by atoms with Crippen molar-refractivity contribution in [2.24, 2.45) is 0 Å². The molecule has 1 fully saturated rings. The van der Waals surface area contributed by atoms with Gasteiger partial charge < -0.3 is 9.84 Å². The van der Waals surface area contributed by atoms with E-state index in [2.05, 4.69) is 21.2 Å². The van der Waals surface area contributed by atoms with Crippen LogP contribution in [0.5, 0.6) is 0 Å². The maximum Gasteiger partial charge on any atom is 0.412 e. The summed E-state index contributed by atoms with van der Waals surface area (Å²) in [5, 5.41) is 12.9. The molecule has 2 rings (SSSR count). The predicted octanol–water partition coefficient (Wildman–Crippen LogP) is 3.78. The smallest absolute Gasteiger partial charge is 0.412 e. The monoisotopic (exact) mass is 327 g/mol. The van der Waals surface area contributed by atoms with Crippen molar-refractivity contribution in [2.45, 2.75) is 44.8 Å². The molecule has 1 aromatic rings. The maximum atomic E-state index is 11.8. The number of carbonyl (C=O) groups excluding carboxylic acids is 1. The fraction of sp³-hybridized carbons (Fsp3) is 0.500. The van der Waals surface area contributed by atoms with Crippen molar-refractivity contribution in [1.29, 1.82) is 0 Å². The zero-order valence-electron chi connectivity index (χ0n) is 11.3. The highest BCUT2D eigenvalue weighted by Crippen LogP contribution is 2.48. The van der Waals surface area contributed by atoms with Gasteiger partial charge in [-0.15, -0.1) is 0 Å². The minimum Gasteiger partial charge on any atom is -0.444 e. The number of halogens is 1. The van der Waals surface area contributed by atoms with Crippen molar-refractivity contribution in [3.05, 3.63) is 28.2 Å². The Bertz CT molecular complexity index is 504. The van der Waals surface area contributed by atoms with E-state index >= 15 is 0 Å². The molecule has 1 amide bonds. The molecule has 0 aromatic heterocycles. The molecule has 0 aliphatic heterocycles. The molecular weight excluding hydrogens is 310 g/mol. The van der Waals surface area contributed by atoms with E-state index in [1.165, 1.54) is 0 Å². The van der Waals surface area contributed by atoms with E-state index in [0.717, 1.165) is 22.9 Å². The Morgan fingerprint density at radius 1 is 1.42 bits per heavy atom. The number of hydrogen-bond donors (Lipinski definition) is 2. The number of nitrogens with one attached hydrogen (secondary N) is 1. The van der Waals surface area contributed by atoms with Crippen molar-refractivity contribution in [2.75, 3.05) is 5.32 Å². The second-order valence-electron chi connectivity index (χ2n) is 5.85. The van der Waals surface area contributed by atoms with Gasteiger partial charge in [0.25, 0.3) is 0 Å². The number of carbonyl (C=O) groups is 1. The third kappa shape index (κ3) is 3.70. The highest BCUT2D eigenvalue weighted by atomic mass is 79.9. The summed E-state index contributed by atoms with van der Waals surface area (Å²) in [5.74, 6) is 0. The van der Waals surface area contributed by atoms with Crippen LogP contribution in [0.2, 0.25) is 0 Å². The average molecular weight is 328 g/mol. The average Bonchev–Trinajstić information content (AvgIpc) is 2.94. The summed E-state index contributed by atoms with van der Waals surface area (Å²) in [6.45, 7) is 5.43. The summed E-state index contributed by atoms with van der Waals surface area (Å²) in [6.07, 6.45) is 0.922. The largest absolute Gasteiger partial charge is 0.444 e. The van der Waals surface area contributed by atoms with E-state index < -0.39 is 17.3 Å². The van der Waals surface area contributed by atoms with Gasteiger partial charge in [-0.05, 0) is 45.7 Å². The third-order valence-electron chi connectivity index (χ3n) is 2.84. The summed E-state index contributed by atoms with van der Waals surface area (Å²) in [7, 11) is 0. The first-order valence-electron chi connectivity index (χ1n) is 6.22. The molecule has 1 aliphatic rings. The number of rotatable bonds is 2. The topological polar surface area (TPSA) is 58.6 Å². The summed E-state index contributed by atoms with van der Waals surface area (Å²) in [5.41, 5.74) is -0.0252. The van der Waals surface area contributed by atoms with E-state index in [4.69, 9.17) is 4.74 Å². The Morgan fingerprint density at radius 3 is 2.58 bits per heavy atom. The summed E-state index contributed by atoms with van der Waals surface area (Å²) in [6, 6.07) is 5.45. The van der Waals surface area contributed by atoms with E-state index in [0.29, 0.717) is 5.69 Å². The molecule has 1 saturated carbocycles. The Morgan fingerprint density at radius 2 is 2.05 bits per heavy atom. The van der Waals surface area contributed by atoms with Crippen LogP contribution in [0, 0.1) is 0 Å². The van der Waals surface area contributed by atoms with Gasteiger partial charge in [-0.25, -0.2) is 4.79 Å². The van der Waals surface area contributed by atoms with E-state index in [-0.39, 0.29) is 0 Å². The lowest BCUT2D eigenvalue weighted by atomic mass is 10.1. The van der Waals surface area contributed by atoms with Gasteiger partial charge in [-0.1, -0.05) is 22.0 Å². The minimum atomic E-state index is -0.801. The molecule has 19 heavy (non-hydrogen) atoms. The molecule has 1 aliphatic carbocycles. The second-order valence-corrected chi connectivity index (χ2v) is 6.76. The number of hydrogen-bond acceptors (Lipinski definition) is 3. The molecule has 0 bridgehead atoms. The zero-order valence-corrected chi connectivity index (χ0v) is 12.9. The Kier molecular flexibility index (Phi) is 3.62. The van der Waals surface area contributed by atoms with Crippen LogP contribution in [0.1, 0.15) is 39.2 Å². The van der Waals surface area contributed by atoms with Crippen LogP contribution in [0.3, 0.4) is 0 Å². The first kappa shape index (κ1) is 14.3. The fourth-order valence-electron chi connectivity index (χ4n) is 1.83. The maximum absolute atomic E-state index is 11.8. The van der Waals surface area contributed by atoms with Crippen LogP contribution in [0.15, 0.2) is 22.7 Å². The lowest BCUT2D eigenvalue weighted by molar-refractivity contribution is 0.0635. The number of ether oxygens (including phenoxy) is 1. The number of aliphatic hydroxyl groups is 1. The van der Waals surface area contributed by atoms with Crippen molar-refractivity contribution in [1.82, 2.24) is 0 Å². The molecule has 0 atom stereocenters. The van der Waals surface area contributed by atoms with E-state index in [1.54, 1.807) is 6.07 Å². The van der Waals surface area contributed by atoms with E-state index in [9.17, 15) is 9.90 Å². The van der Waals surface area contributed by atoms with Crippen LogP contribution >= 0.6 is 15.9 Å². The number of benzene rings is 1. The Hall–Kier alpha value is -1.07. The van der Waals surface area contributed by atoms with Gasteiger partial charge >= 0.3 is 6.09 Å². The molecule has 4 nitrogen and oxygen atoms in total. The quantitative estimate of drug-likeness (QED) is 0.869. The van der Waals surface area contributed by atoms with Crippen molar-refractivity contribution in [3.63, 3.8) is 0 Å². The molecule has 0 heterocycles. The van der Waals surface area contributed by atoms with Gasteiger partial charge in [0.1, 0.15) is 5.60 Å². The SMILES string of the molecule is CC(C)(C)OC(=O)Nc1cc(Br)ccc1C1(O)CC1. The Balaban J connectivity index is 2.20. The highest BCUT2D eigenvalue weighted by Gasteiger charge is 2.44. The van der Waals surface area contributed by atoms with Gasteiger partial charge in [-0.2, -0.15) is 0 Å². The standard InChI is InChI=1S/C14H18BrNO3/c1-13(2,3)19-12(17)16-11-8-9(15)4-5-10(11)14(18)6-7-14/h4-5,8,18H,6-7H2,1-3H3,(H,16,17). The van der Waals surface area contributed by atoms with Crippen LogP contribution in [-0.2, 0) is 10.3 Å². The molecule has 0 spiro atoms. The molecule has 0 saturated heterocycles. The predicted molar refractivity (Wildman–Crippen MR) is 77.1 cm³/mol. The van der Waals surface area contributed by atoms with Gasteiger partial charge in [-0.3, -0.25) is 5.32 Å². The van der Waals surface area contributed by atoms with Gasteiger partial charge in [0.05, 0.1) is 11.3 Å². The van der Waals surface area contributed by atoms with Gasteiger partial charge in [0, 0.05) is 10.0 Å². The molecule has 5 heteroatoms. The lowest BCUT2D eigenvalue weighted by Crippen LogP contribution is -2.28. The first-order chi connectivity index (χ1) is 8.70. The van der Waals surface area contributed by atoms with Crippen molar-refractivity contribution < 1.29 is 14.6 Å². The summed E-state index contributed by atoms with van der Waals surface area (Å²) >= 11 is 3.36. The lowest BCUT2D eigenvalue weighted by Gasteiger charge is -2.21. The second kappa shape index (κ2) is 4.80. The van der Waals surface area contributed by atoms with Crippen LogP contribution < -0.4 is 5.32 Å². The minimum absolute atomic E-state index is 0.517. The van der Waals surface area contributed by atoms with Crippen molar-refractivity contribution in [3.8, 4) is 0 Å². The molecular formula is C14H18BrNO3. The first-order valence-corrected chi connectivity index (χ1v) is 7.01. The van der Waals surface area contributed by atoms with Crippen LogP contribution in [0.4, 0.5) is 10.5 Å². The number of amides is 1. The van der Waals surface area contributed by atoms with Gasteiger partial charge in [0.2, 0.25) is 0 Å². The van der Waals surface area contributed by atoms with Gasteiger partial charge in [0.15, 0.2) is 0 Å². The van der Waals surface area contributed by atoms with Crippen LogP contribution in [0.25, 0.3) is 0 Å². The molecule has 0 unspecified atom stereocenters. The highest BCUT2D eigenvalue weighted by molar-refractivity contribution is 9.10. The van der Waals surface area contributed by atoms with E-state index in [1.807, 2.05) is 32.9 Å². The van der Waals surface area contributed by atoms with Crippen LogP contribution in [-0.4, -0.2) is 16.8 Å². The fourth-order valence-corrected chi connectivity index (χ4v) is 2.19. The Labute approximate surface area is 121 Å². The number of anilines is 1. The summed E-state index contributed by atoms with van der Waals surface area (Å²) < 4.78 is 6.06. The molecule has 104 valence electrons.